The number of nitrogens with one attached hydrogen (secondary N) is 2. The molecule has 158 valence electrons. The van der Waals surface area contributed by atoms with Gasteiger partial charge in [-0.2, -0.15) is 0 Å². The van der Waals surface area contributed by atoms with Crippen molar-refractivity contribution in [1.82, 2.24) is 10.2 Å². The van der Waals surface area contributed by atoms with Crippen LogP contribution >= 0.6 is 0 Å². The van der Waals surface area contributed by atoms with Crippen molar-refractivity contribution in [2.45, 2.75) is 58.7 Å². The molecule has 2 aliphatic rings. The van der Waals surface area contributed by atoms with Gasteiger partial charge in [-0.15, -0.1) is 0 Å². The van der Waals surface area contributed by atoms with Crippen LogP contribution in [0.3, 0.4) is 0 Å². The van der Waals surface area contributed by atoms with E-state index in [1.807, 2.05) is 45.2 Å². The van der Waals surface area contributed by atoms with Crippen LogP contribution in [0, 0.1) is 0 Å². The van der Waals surface area contributed by atoms with Gasteiger partial charge >= 0.3 is 0 Å². The molecule has 6 nitrogen and oxygen atoms in total. The summed E-state index contributed by atoms with van der Waals surface area (Å²) < 4.78 is 0. The number of nitrogens with zero attached hydrogens (tertiary/aromatic N) is 1. The van der Waals surface area contributed by atoms with Crippen LogP contribution in [0.2, 0.25) is 0 Å². The van der Waals surface area contributed by atoms with Gasteiger partial charge in [0.1, 0.15) is 11.8 Å². The Morgan fingerprint density at radius 2 is 2.13 bits per heavy atom. The number of allylic oxidation sites excluding steroid dienone is 2. The Morgan fingerprint density at radius 3 is 2.77 bits per heavy atom. The third kappa shape index (κ3) is 4.70. The highest BCUT2D eigenvalue weighted by Gasteiger charge is 2.33. The normalized spacial score (nSPS) is 18.4. The lowest BCUT2D eigenvalue weighted by molar-refractivity contribution is -0.119. The number of rotatable bonds is 8. The predicted octanol–water partition coefficient (Wildman–Crippen LogP) is 3.72. The molecule has 2 heterocycles. The molecule has 2 N–H and O–H groups in total. The van der Waals surface area contributed by atoms with E-state index in [1.165, 1.54) is 0 Å². The molecule has 0 bridgehead atoms. The summed E-state index contributed by atoms with van der Waals surface area (Å²) in [5, 5.41) is 5.96. The zero-order chi connectivity index (χ0) is 21.8. The SMILES string of the molecule is C=C(C)C(CCC(=O)CC)N1Cc2cc(NC(=O)C3C=CC(C)=CN3)ccc2C1=O. The molecule has 0 aliphatic carbocycles. The number of anilines is 1. The summed E-state index contributed by atoms with van der Waals surface area (Å²) in [5.74, 6) is -0.0304. The maximum Gasteiger partial charge on any atom is 0.255 e. The first-order valence-corrected chi connectivity index (χ1v) is 10.3. The lowest BCUT2D eigenvalue weighted by atomic mass is 10.0. The molecule has 3 rings (SSSR count). The second kappa shape index (κ2) is 9.11. The topological polar surface area (TPSA) is 78.5 Å². The van der Waals surface area contributed by atoms with Crippen molar-refractivity contribution in [3.8, 4) is 0 Å². The summed E-state index contributed by atoms with van der Waals surface area (Å²) in [5.41, 5.74) is 4.09. The summed E-state index contributed by atoms with van der Waals surface area (Å²) >= 11 is 0. The van der Waals surface area contributed by atoms with Crippen molar-refractivity contribution < 1.29 is 14.4 Å². The van der Waals surface area contributed by atoms with E-state index in [0.717, 1.165) is 16.7 Å². The number of fused-ring (bicyclic) bond motifs is 1. The molecule has 2 atom stereocenters. The van der Waals surface area contributed by atoms with Crippen molar-refractivity contribution in [3.05, 3.63) is 65.4 Å². The molecule has 30 heavy (non-hydrogen) atoms. The first-order chi connectivity index (χ1) is 14.3. The molecular formula is C24H29N3O3. The molecule has 1 aromatic rings. The van der Waals surface area contributed by atoms with Crippen LogP contribution in [0.4, 0.5) is 5.69 Å². The minimum absolute atomic E-state index is 0.0580. The maximum absolute atomic E-state index is 13.0. The van der Waals surface area contributed by atoms with Gasteiger partial charge in [-0.3, -0.25) is 14.4 Å². The van der Waals surface area contributed by atoms with Gasteiger partial charge in [0, 0.05) is 36.8 Å². The number of carbonyl (C=O) groups excluding carboxylic acids is 3. The van der Waals surface area contributed by atoms with E-state index in [0.29, 0.717) is 37.1 Å². The van der Waals surface area contributed by atoms with Crippen LogP contribution in [0.1, 0.15) is 56.0 Å². The van der Waals surface area contributed by atoms with E-state index >= 15 is 0 Å². The Bertz CT molecular complexity index is 945. The van der Waals surface area contributed by atoms with Gasteiger partial charge in [-0.25, -0.2) is 0 Å². The van der Waals surface area contributed by atoms with E-state index in [1.54, 1.807) is 17.0 Å². The van der Waals surface area contributed by atoms with Gasteiger partial charge in [0.15, 0.2) is 0 Å². The molecule has 0 saturated carbocycles. The molecular weight excluding hydrogens is 378 g/mol. The average Bonchev–Trinajstić information content (AvgIpc) is 3.03. The monoisotopic (exact) mass is 407 g/mol. The molecule has 2 unspecified atom stereocenters. The summed E-state index contributed by atoms with van der Waals surface area (Å²) in [6, 6.07) is 4.76. The molecule has 2 aliphatic heterocycles. The number of hydrogen-bond acceptors (Lipinski definition) is 4. The van der Waals surface area contributed by atoms with E-state index < -0.39 is 6.04 Å². The van der Waals surface area contributed by atoms with Crippen LogP contribution in [0.15, 0.2) is 54.3 Å². The van der Waals surface area contributed by atoms with Crippen molar-refractivity contribution >= 4 is 23.3 Å². The number of benzene rings is 1. The number of ketones is 1. The Morgan fingerprint density at radius 1 is 1.37 bits per heavy atom. The van der Waals surface area contributed by atoms with Crippen LogP contribution in [0.25, 0.3) is 0 Å². The summed E-state index contributed by atoms with van der Waals surface area (Å²) in [6.07, 6.45) is 7.05. The number of carbonyl (C=O) groups is 3. The summed E-state index contributed by atoms with van der Waals surface area (Å²) in [4.78, 5) is 39.0. The second-order valence-corrected chi connectivity index (χ2v) is 7.98. The quantitative estimate of drug-likeness (QED) is 0.644. The van der Waals surface area contributed by atoms with E-state index in [2.05, 4.69) is 17.2 Å². The Kier molecular flexibility index (Phi) is 6.55. The van der Waals surface area contributed by atoms with Gasteiger partial charge < -0.3 is 15.5 Å². The van der Waals surface area contributed by atoms with Gasteiger partial charge in [-0.05, 0) is 49.6 Å². The van der Waals surface area contributed by atoms with Crippen LogP contribution in [-0.4, -0.2) is 34.6 Å². The standard InChI is InChI=1S/C24H29N3O3/c1-5-19(28)8-11-22(15(2)3)27-14-17-12-18(7-9-20(17)24(27)30)26-23(29)21-10-6-16(4)13-25-21/h6-7,9-10,12-13,21-22,25H,2,5,8,11,14H2,1,3-4H3,(H,26,29). The lowest BCUT2D eigenvalue weighted by Crippen LogP contribution is -2.37. The molecule has 6 heteroatoms. The zero-order valence-corrected chi connectivity index (χ0v) is 17.8. The van der Waals surface area contributed by atoms with Crippen molar-refractivity contribution in [2.75, 3.05) is 5.32 Å². The van der Waals surface area contributed by atoms with E-state index in [-0.39, 0.29) is 23.6 Å². The van der Waals surface area contributed by atoms with Gasteiger partial charge in [0.2, 0.25) is 0 Å². The fourth-order valence-corrected chi connectivity index (χ4v) is 3.77. The van der Waals surface area contributed by atoms with E-state index in [4.69, 9.17) is 0 Å². The van der Waals surface area contributed by atoms with Crippen molar-refractivity contribution in [2.24, 2.45) is 0 Å². The lowest BCUT2D eigenvalue weighted by Gasteiger charge is -2.28. The van der Waals surface area contributed by atoms with Crippen molar-refractivity contribution in [3.63, 3.8) is 0 Å². The van der Waals surface area contributed by atoms with Gasteiger partial charge in [0.05, 0.1) is 6.04 Å². The van der Waals surface area contributed by atoms with E-state index in [9.17, 15) is 14.4 Å². The van der Waals surface area contributed by atoms with Crippen LogP contribution in [0.5, 0.6) is 0 Å². The second-order valence-electron chi connectivity index (χ2n) is 7.98. The highest BCUT2D eigenvalue weighted by Crippen LogP contribution is 2.30. The van der Waals surface area contributed by atoms with Crippen LogP contribution < -0.4 is 10.6 Å². The van der Waals surface area contributed by atoms with Gasteiger partial charge in [0.25, 0.3) is 11.8 Å². The average molecular weight is 408 g/mol. The Labute approximate surface area is 177 Å². The molecule has 0 fully saturated rings. The summed E-state index contributed by atoms with van der Waals surface area (Å²) in [7, 11) is 0. The largest absolute Gasteiger partial charge is 0.376 e. The van der Waals surface area contributed by atoms with Crippen LogP contribution in [-0.2, 0) is 16.1 Å². The molecule has 0 saturated heterocycles. The zero-order valence-electron chi connectivity index (χ0n) is 17.8. The smallest absolute Gasteiger partial charge is 0.255 e. The molecule has 1 aromatic carbocycles. The first-order valence-electron chi connectivity index (χ1n) is 10.3. The predicted molar refractivity (Wildman–Crippen MR) is 118 cm³/mol. The fourth-order valence-electron chi connectivity index (χ4n) is 3.77. The third-order valence-electron chi connectivity index (χ3n) is 5.57. The molecule has 0 radical (unpaired) electrons. The van der Waals surface area contributed by atoms with Gasteiger partial charge in [-0.1, -0.05) is 31.2 Å². The Hall–Kier alpha value is -3.15. The minimum Gasteiger partial charge on any atom is -0.376 e. The number of amides is 2. The number of dihydropyridines is 1. The maximum atomic E-state index is 13.0. The molecule has 0 spiro atoms. The van der Waals surface area contributed by atoms with Crippen molar-refractivity contribution in [1.29, 1.82) is 0 Å². The molecule has 0 aromatic heterocycles. The number of hydrogen-bond donors (Lipinski definition) is 2. The first kappa shape index (κ1) is 21.6. The Balaban J connectivity index is 1.70. The molecule has 2 amide bonds. The fraction of sp³-hybridized carbons (Fsp3) is 0.375. The number of Topliss-reactive ketones (excluding diaryl/α,β-unsaturated/α-hetero) is 1. The third-order valence-corrected chi connectivity index (χ3v) is 5.57. The highest BCUT2D eigenvalue weighted by atomic mass is 16.2. The minimum atomic E-state index is -0.427. The highest BCUT2D eigenvalue weighted by molar-refractivity contribution is 6.01. The summed E-state index contributed by atoms with van der Waals surface area (Å²) in [6.45, 7) is 10.2.